The Morgan fingerprint density at radius 1 is 1.37 bits per heavy atom. The van der Waals surface area contributed by atoms with Crippen molar-refractivity contribution in [2.75, 3.05) is 7.05 Å². The van der Waals surface area contributed by atoms with Crippen LogP contribution < -0.4 is 5.32 Å². The van der Waals surface area contributed by atoms with Gasteiger partial charge < -0.3 is 5.32 Å². The van der Waals surface area contributed by atoms with E-state index < -0.39 is 0 Å². The maximum atomic E-state index is 13.2. The highest BCUT2D eigenvalue weighted by Crippen LogP contribution is 2.25. The van der Waals surface area contributed by atoms with E-state index in [1.807, 2.05) is 26.1 Å². The van der Waals surface area contributed by atoms with E-state index in [1.54, 1.807) is 18.5 Å². The van der Waals surface area contributed by atoms with Crippen molar-refractivity contribution in [1.82, 2.24) is 10.3 Å². The lowest BCUT2D eigenvalue weighted by Crippen LogP contribution is -2.20. The molecule has 0 fully saturated rings. The van der Waals surface area contributed by atoms with E-state index in [0.29, 0.717) is 5.02 Å². The van der Waals surface area contributed by atoms with E-state index >= 15 is 0 Å². The zero-order valence-electron chi connectivity index (χ0n) is 11.0. The number of pyridine rings is 1. The van der Waals surface area contributed by atoms with Crippen LogP contribution in [0.5, 0.6) is 0 Å². The highest BCUT2D eigenvalue weighted by molar-refractivity contribution is 6.31. The number of nitrogens with zero attached hydrogens (tertiary/aromatic N) is 1. The van der Waals surface area contributed by atoms with Crippen LogP contribution in [0.4, 0.5) is 4.39 Å². The van der Waals surface area contributed by atoms with Crippen molar-refractivity contribution in [2.24, 2.45) is 0 Å². The molecule has 1 heterocycles. The minimum Gasteiger partial charge on any atom is -0.313 e. The molecule has 0 aliphatic heterocycles. The Balaban J connectivity index is 2.28. The molecule has 0 spiro atoms. The van der Waals surface area contributed by atoms with Crippen LogP contribution in [-0.2, 0) is 6.42 Å². The molecule has 1 aromatic heterocycles. The van der Waals surface area contributed by atoms with Gasteiger partial charge in [0.1, 0.15) is 5.82 Å². The van der Waals surface area contributed by atoms with Crippen molar-refractivity contribution in [2.45, 2.75) is 19.4 Å². The maximum Gasteiger partial charge on any atom is 0.123 e. The van der Waals surface area contributed by atoms with E-state index in [0.717, 1.165) is 23.1 Å². The summed E-state index contributed by atoms with van der Waals surface area (Å²) < 4.78 is 13.2. The zero-order chi connectivity index (χ0) is 13.8. The van der Waals surface area contributed by atoms with Crippen LogP contribution in [0.15, 0.2) is 36.7 Å². The summed E-state index contributed by atoms with van der Waals surface area (Å²) in [5.41, 5.74) is 3.04. The van der Waals surface area contributed by atoms with Crippen molar-refractivity contribution in [3.05, 3.63) is 64.2 Å². The molecule has 1 aromatic carbocycles. The van der Waals surface area contributed by atoms with E-state index in [9.17, 15) is 4.39 Å². The van der Waals surface area contributed by atoms with Gasteiger partial charge in [-0.2, -0.15) is 0 Å². The van der Waals surface area contributed by atoms with Gasteiger partial charge in [-0.05, 0) is 55.3 Å². The summed E-state index contributed by atoms with van der Waals surface area (Å²) in [6.45, 7) is 1.91. The summed E-state index contributed by atoms with van der Waals surface area (Å²) in [6, 6.07) is 6.86. The lowest BCUT2D eigenvalue weighted by molar-refractivity contribution is 0.582. The lowest BCUT2D eigenvalue weighted by atomic mass is 9.96. The van der Waals surface area contributed by atoms with Gasteiger partial charge in [0.15, 0.2) is 0 Å². The van der Waals surface area contributed by atoms with Gasteiger partial charge in [-0.25, -0.2) is 4.39 Å². The molecule has 1 atom stereocenters. The minimum atomic E-state index is -0.210. The molecule has 0 bridgehead atoms. The first-order valence-electron chi connectivity index (χ1n) is 6.13. The van der Waals surface area contributed by atoms with E-state index in [4.69, 9.17) is 11.6 Å². The number of aromatic nitrogens is 1. The molecule has 19 heavy (non-hydrogen) atoms. The Bertz CT molecular complexity index is 572. The summed E-state index contributed by atoms with van der Waals surface area (Å²) in [6.07, 6.45) is 4.11. The highest BCUT2D eigenvalue weighted by atomic mass is 35.5. The molecule has 0 amide bonds. The number of nitrogens with one attached hydrogen (secondary N) is 1. The third-order valence-electron chi connectivity index (χ3n) is 3.24. The van der Waals surface area contributed by atoms with Crippen LogP contribution in [0.1, 0.15) is 22.7 Å². The fourth-order valence-electron chi connectivity index (χ4n) is 2.19. The normalized spacial score (nSPS) is 12.4. The average molecular weight is 279 g/mol. The molecule has 2 nitrogen and oxygen atoms in total. The van der Waals surface area contributed by atoms with Gasteiger partial charge in [0.05, 0.1) is 5.02 Å². The highest BCUT2D eigenvalue weighted by Gasteiger charge is 2.14. The summed E-state index contributed by atoms with van der Waals surface area (Å²) in [5, 5.41) is 3.91. The Morgan fingerprint density at radius 3 is 2.79 bits per heavy atom. The van der Waals surface area contributed by atoms with Crippen LogP contribution in [0, 0.1) is 12.7 Å². The topological polar surface area (TPSA) is 24.9 Å². The van der Waals surface area contributed by atoms with E-state index in [2.05, 4.69) is 10.3 Å². The van der Waals surface area contributed by atoms with Gasteiger partial charge in [-0.15, -0.1) is 0 Å². The molecule has 1 N–H and O–H groups in total. The van der Waals surface area contributed by atoms with Crippen molar-refractivity contribution >= 4 is 11.6 Å². The largest absolute Gasteiger partial charge is 0.313 e. The quantitative estimate of drug-likeness (QED) is 0.923. The number of halogens is 2. The van der Waals surface area contributed by atoms with Crippen molar-refractivity contribution < 1.29 is 4.39 Å². The standard InChI is InChI=1S/C15H16ClFN2/c1-10-7-12(17)3-4-13(10)15(18-2)8-11-5-6-19-9-14(11)16/h3-7,9,15,18H,8H2,1-2H3. The third kappa shape index (κ3) is 3.31. The number of aryl methyl sites for hydroxylation is 1. The number of rotatable bonds is 4. The smallest absolute Gasteiger partial charge is 0.123 e. The molecule has 0 aliphatic carbocycles. The molecular formula is C15H16ClFN2. The Morgan fingerprint density at radius 2 is 2.16 bits per heavy atom. The molecule has 0 radical (unpaired) electrons. The maximum absolute atomic E-state index is 13.2. The first kappa shape index (κ1) is 14.0. The van der Waals surface area contributed by atoms with E-state index in [-0.39, 0.29) is 11.9 Å². The molecule has 2 aromatic rings. The van der Waals surface area contributed by atoms with Gasteiger partial charge >= 0.3 is 0 Å². The molecule has 0 aliphatic rings. The van der Waals surface area contributed by atoms with Crippen LogP contribution in [0.2, 0.25) is 5.02 Å². The summed E-state index contributed by atoms with van der Waals surface area (Å²) in [5.74, 6) is -0.210. The predicted octanol–water partition coefficient (Wildman–Crippen LogP) is 3.69. The molecule has 4 heteroatoms. The number of hydrogen-bond acceptors (Lipinski definition) is 2. The molecule has 0 saturated carbocycles. The van der Waals surface area contributed by atoms with Gasteiger partial charge in [0.25, 0.3) is 0 Å². The SMILES string of the molecule is CNC(Cc1ccncc1Cl)c1ccc(F)cc1C. The van der Waals surface area contributed by atoms with E-state index in [1.165, 1.54) is 6.07 Å². The molecule has 100 valence electrons. The Hall–Kier alpha value is -1.45. The minimum absolute atomic E-state index is 0.0977. The van der Waals surface area contributed by atoms with Crippen molar-refractivity contribution in [1.29, 1.82) is 0 Å². The number of likely N-dealkylation sites (N-methyl/N-ethyl adjacent to an activating group) is 1. The molecule has 0 saturated heterocycles. The van der Waals surface area contributed by atoms with Gasteiger partial charge in [-0.3, -0.25) is 4.98 Å². The summed E-state index contributed by atoms with van der Waals surface area (Å²) in [4.78, 5) is 3.98. The fourth-order valence-corrected chi connectivity index (χ4v) is 2.38. The lowest BCUT2D eigenvalue weighted by Gasteiger charge is -2.19. The number of hydrogen-bond donors (Lipinski definition) is 1. The van der Waals surface area contributed by atoms with Crippen LogP contribution in [0.3, 0.4) is 0 Å². The molecule has 2 rings (SSSR count). The Labute approximate surface area is 117 Å². The number of benzene rings is 1. The summed E-state index contributed by atoms with van der Waals surface area (Å²) in [7, 11) is 1.89. The first-order valence-corrected chi connectivity index (χ1v) is 6.51. The third-order valence-corrected chi connectivity index (χ3v) is 3.58. The van der Waals surface area contributed by atoms with Gasteiger partial charge in [0, 0.05) is 18.4 Å². The van der Waals surface area contributed by atoms with Crippen LogP contribution in [0.25, 0.3) is 0 Å². The first-order chi connectivity index (χ1) is 9.11. The van der Waals surface area contributed by atoms with Crippen LogP contribution >= 0.6 is 11.6 Å². The van der Waals surface area contributed by atoms with Crippen LogP contribution in [-0.4, -0.2) is 12.0 Å². The predicted molar refractivity (Wildman–Crippen MR) is 75.9 cm³/mol. The average Bonchev–Trinajstić information content (AvgIpc) is 2.39. The van der Waals surface area contributed by atoms with Gasteiger partial charge in [0.2, 0.25) is 0 Å². The van der Waals surface area contributed by atoms with Crippen molar-refractivity contribution in [3.8, 4) is 0 Å². The van der Waals surface area contributed by atoms with Crippen molar-refractivity contribution in [3.63, 3.8) is 0 Å². The molecular weight excluding hydrogens is 263 g/mol. The zero-order valence-corrected chi connectivity index (χ0v) is 11.7. The second-order valence-corrected chi connectivity index (χ2v) is 4.92. The Kier molecular flexibility index (Phi) is 4.51. The summed E-state index contributed by atoms with van der Waals surface area (Å²) >= 11 is 6.13. The molecule has 1 unspecified atom stereocenters. The second kappa shape index (κ2) is 6.13. The van der Waals surface area contributed by atoms with Gasteiger partial charge in [-0.1, -0.05) is 17.7 Å². The fraction of sp³-hybridized carbons (Fsp3) is 0.267. The second-order valence-electron chi connectivity index (χ2n) is 4.51. The monoisotopic (exact) mass is 278 g/mol.